The van der Waals surface area contributed by atoms with E-state index in [1.807, 2.05) is 4.90 Å². The molecule has 0 N–H and O–H groups in total. The van der Waals surface area contributed by atoms with Gasteiger partial charge < -0.3 is 14.2 Å². The second-order valence-electron chi connectivity index (χ2n) is 8.88. The van der Waals surface area contributed by atoms with Gasteiger partial charge in [0.2, 0.25) is 0 Å². The maximum Gasteiger partial charge on any atom is 0.410 e. The zero-order chi connectivity index (χ0) is 22.5. The van der Waals surface area contributed by atoms with Gasteiger partial charge in [-0.25, -0.2) is 14.0 Å². The van der Waals surface area contributed by atoms with E-state index in [4.69, 9.17) is 14.2 Å². The number of alkyl halides is 1. The van der Waals surface area contributed by atoms with Crippen LogP contribution in [0, 0.1) is 17.8 Å². The molecule has 3 aliphatic rings. The number of ether oxygens (including phenoxy) is 3. The Labute approximate surface area is 183 Å². The Morgan fingerprint density at radius 3 is 2.23 bits per heavy atom. The molecule has 9 heteroatoms. The summed E-state index contributed by atoms with van der Waals surface area (Å²) in [4.78, 5) is 40.4. The molecular formula is C22H35FN2O6. The molecule has 0 spiro atoms. The number of nitrogens with zero attached hydrogens (tertiary/aromatic N) is 2. The number of carbonyl (C=O) groups is 3. The molecule has 0 aromatic heterocycles. The maximum absolute atomic E-state index is 14.1. The normalized spacial score (nSPS) is 33.5. The highest BCUT2D eigenvalue weighted by Gasteiger charge is 2.46. The molecule has 3 rings (SSSR count). The fraction of sp³-hybridized carbons (Fsp3) is 0.864. The van der Waals surface area contributed by atoms with Crippen LogP contribution in [0.15, 0.2) is 0 Å². The van der Waals surface area contributed by atoms with E-state index in [0.29, 0.717) is 38.0 Å². The minimum absolute atomic E-state index is 0.191. The van der Waals surface area contributed by atoms with E-state index in [1.165, 1.54) is 12.0 Å². The molecule has 1 aliphatic carbocycles. The molecule has 3 fully saturated rings. The zero-order valence-electron chi connectivity index (χ0n) is 18.8. The van der Waals surface area contributed by atoms with Crippen molar-refractivity contribution in [2.45, 2.75) is 64.2 Å². The average molecular weight is 443 g/mol. The van der Waals surface area contributed by atoms with E-state index in [1.54, 1.807) is 13.8 Å². The van der Waals surface area contributed by atoms with Crippen LogP contribution in [0.1, 0.15) is 46.0 Å². The van der Waals surface area contributed by atoms with Crippen molar-refractivity contribution in [3.63, 3.8) is 0 Å². The van der Waals surface area contributed by atoms with Gasteiger partial charge in [-0.15, -0.1) is 0 Å². The van der Waals surface area contributed by atoms with E-state index in [0.717, 1.165) is 19.3 Å². The van der Waals surface area contributed by atoms with Crippen LogP contribution in [0.3, 0.4) is 0 Å². The Balaban J connectivity index is 1.64. The van der Waals surface area contributed by atoms with Crippen LogP contribution in [0.5, 0.6) is 0 Å². The lowest BCUT2D eigenvalue weighted by Crippen LogP contribution is -2.55. The fourth-order valence-electron chi connectivity index (χ4n) is 5.56. The van der Waals surface area contributed by atoms with Crippen molar-refractivity contribution in [1.82, 2.24) is 9.80 Å². The first kappa shape index (κ1) is 23.8. The standard InChI is InChI=1S/C22H35FN2O6/c1-4-30-20(26)18-10-17(23)13-24(18)11-14-6-7-15-12-25(22(28)29-3)19(9-16(15)8-14)21(27)31-5-2/h14-19H,4-13H2,1-3H3/t14-,15-,16?,17+,18-,19?/m0/s1. The first-order valence-electron chi connectivity index (χ1n) is 11.4. The van der Waals surface area contributed by atoms with E-state index < -0.39 is 30.3 Å². The number of halogens is 1. The summed E-state index contributed by atoms with van der Waals surface area (Å²) in [6.45, 7) is 5.45. The quantitative estimate of drug-likeness (QED) is 0.461. The minimum Gasteiger partial charge on any atom is -0.465 e. The maximum atomic E-state index is 14.1. The number of esters is 2. The van der Waals surface area contributed by atoms with Crippen molar-refractivity contribution < 1.29 is 33.0 Å². The lowest BCUT2D eigenvalue weighted by Gasteiger charge is -2.46. The number of rotatable bonds is 6. The predicted octanol–water partition coefficient (Wildman–Crippen LogP) is 2.40. The Kier molecular flexibility index (Phi) is 8.13. The largest absolute Gasteiger partial charge is 0.465 e. The molecule has 1 saturated carbocycles. The summed E-state index contributed by atoms with van der Waals surface area (Å²) >= 11 is 0. The summed E-state index contributed by atoms with van der Waals surface area (Å²) in [5, 5.41) is 0. The molecule has 2 unspecified atom stereocenters. The van der Waals surface area contributed by atoms with E-state index in [-0.39, 0.29) is 31.5 Å². The SMILES string of the molecule is CCOC(=O)C1CC2C[C@@H](CN3C[C@H](F)C[C@H]3C(=O)OCC)CC[C@H]2CN1C(=O)OC. The number of amides is 1. The molecule has 6 atom stereocenters. The van der Waals surface area contributed by atoms with Gasteiger partial charge in [0.05, 0.1) is 20.3 Å². The second-order valence-corrected chi connectivity index (χ2v) is 8.88. The van der Waals surface area contributed by atoms with Gasteiger partial charge >= 0.3 is 18.0 Å². The zero-order valence-corrected chi connectivity index (χ0v) is 18.8. The van der Waals surface area contributed by atoms with Gasteiger partial charge in [-0.3, -0.25) is 14.6 Å². The Bertz CT molecular complexity index is 662. The van der Waals surface area contributed by atoms with Crippen LogP contribution in [-0.4, -0.2) is 86.0 Å². The third-order valence-electron chi connectivity index (χ3n) is 6.95. The third kappa shape index (κ3) is 5.48. The number of hydrogen-bond acceptors (Lipinski definition) is 7. The lowest BCUT2D eigenvalue weighted by molar-refractivity contribution is -0.153. The van der Waals surface area contributed by atoms with Crippen molar-refractivity contribution in [3.8, 4) is 0 Å². The summed E-state index contributed by atoms with van der Waals surface area (Å²) in [5.74, 6) is 0.157. The number of fused-ring (bicyclic) bond motifs is 1. The highest BCUT2D eigenvalue weighted by molar-refractivity contribution is 5.81. The first-order valence-corrected chi connectivity index (χ1v) is 11.4. The molecule has 0 aromatic rings. The molecule has 2 heterocycles. The van der Waals surface area contributed by atoms with Crippen LogP contribution in [0.2, 0.25) is 0 Å². The molecule has 0 radical (unpaired) electrons. The fourth-order valence-corrected chi connectivity index (χ4v) is 5.56. The van der Waals surface area contributed by atoms with E-state index >= 15 is 0 Å². The predicted molar refractivity (Wildman–Crippen MR) is 110 cm³/mol. The van der Waals surface area contributed by atoms with Crippen molar-refractivity contribution in [1.29, 1.82) is 0 Å². The van der Waals surface area contributed by atoms with Crippen LogP contribution in [0.4, 0.5) is 9.18 Å². The summed E-state index contributed by atoms with van der Waals surface area (Å²) in [7, 11) is 1.32. The smallest absolute Gasteiger partial charge is 0.410 e. The molecule has 0 bridgehead atoms. The van der Waals surface area contributed by atoms with Gasteiger partial charge in [0.1, 0.15) is 18.3 Å². The summed E-state index contributed by atoms with van der Waals surface area (Å²) in [5.41, 5.74) is 0. The first-order chi connectivity index (χ1) is 14.9. The van der Waals surface area contributed by atoms with Crippen molar-refractivity contribution in [2.24, 2.45) is 17.8 Å². The Morgan fingerprint density at radius 2 is 1.58 bits per heavy atom. The van der Waals surface area contributed by atoms with Crippen LogP contribution in [-0.2, 0) is 23.8 Å². The average Bonchev–Trinajstić information content (AvgIpc) is 3.12. The monoisotopic (exact) mass is 442 g/mol. The number of likely N-dealkylation sites (tertiary alicyclic amines) is 2. The van der Waals surface area contributed by atoms with Gasteiger partial charge in [0, 0.05) is 26.1 Å². The molecule has 31 heavy (non-hydrogen) atoms. The van der Waals surface area contributed by atoms with Crippen LogP contribution >= 0.6 is 0 Å². The Morgan fingerprint density at radius 1 is 0.903 bits per heavy atom. The lowest BCUT2D eigenvalue weighted by atomic mass is 9.69. The minimum atomic E-state index is -1.01. The third-order valence-corrected chi connectivity index (χ3v) is 6.95. The molecule has 2 saturated heterocycles. The summed E-state index contributed by atoms with van der Waals surface area (Å²) < 4.78 is 29.3. The van der Waals surface area contributed by atoms with Crippen molar-refractivity contribution in [2.75, 3.05) is 40.0 Å². The highest BCUT2D eigenvalue weighted by Crippen LogP contribution is 2.42. The van der Waals surface area contributed by atoms with Gasteiger partial charge in [-0.05, 0) is 57.3 Å². The van der Waals surface area contributed by atoms with Gasteiger partial charge in [-0.2, -0.15) is 0 Å². The Hall–Kier alpha value is -1.90. The summed E-state index contributed by atoms with van der Waals surface area (Å²) in [6.07, 6.45) is 1.99. The van der Waals surface area contributed by atoms with Crippen molar-refractivity contribution in [3.05, 3.63) is 0 Å². The van der Waals surface area contributed by atoms with Crippen LogP contribution < -0.4 is 0 Å². The topological polar surface area (TPSA) is 85.4 Å². The number of hydrogen-bond donors (Lipinski definition) is 0. The number of piperidine rings is 1. The van der Waals surface area contributed by atoms with Gasteiger partial charge in [0.15, 0.2) is 0 Å². The molecule has 2 aliphatic heterocycles. The molecule has 8 nitrogen and oxygen atoms in total. The number of methoxy groups -OCH3 is 1. The molecule has 176 valence electrons. The van der Waals surface area contributed by atoms with Gasteiger partial charge in [-0.1, -0.05) is 0 Å². The van der Waals surface area contributed by atoms with Crippen LogP contribution in [0.25, 0.3) is 0 Å². The summed E-state index contributed by atoms with van der Waals surface area (Å²) in [6, 6.07) is -1.15. The van der Waals surface area contributed by atoms with E-state index in [2.05, 4.69) is 0 Å². The molecule has 0 aromatic carbocycles. The van der Waals surface area contributed by atoms with E-state index in [9.17, 15) is 18.8 Å². The molecule has 1 amide bonds. The van der Waals surface area contributed by atoms with Gasteiger partial charge in [0.25, 0.3) is 0 Å². The highest BCUT2D eigenvalue weighted by atomic mass is 19.1. The second kappa shape index (κ2) is 10.6. The number of carbonyl (C=O) groups excluding carboxylic acids is 3. The van der Waals surface area contributed by atoms with Crippen molar-refractivity contribution >= 4 is 18.0 Å². The molecular weight excluding hydrogens is 407 g/mol.